The lowest BCUT2D eigenvalue weighted by molar-refractivity contribution is -0.123. The molecule has 1 fully saturated rings. The van der Waals surface area contributed by atoms with Crippen molar-refractivity contribution in [2.45, 2.75) is 11.8 Å². The van der Waals surface area contributed by atoms with E-state index >= 15 is 0 Å². The largest absolute Gasteiger partial charge is 0.378 e. The lowest BCUT2D eigenvalue weighted by atomic mass is 10.0. The van der Waals surface area contributed by atoms with Crippen molar-refractivity contribution in [3.8, 4) is 5.75 Å². The van der Waals surface area contributed by atoms with Crippen molar-refractivity contribution < 1.29 is 22.2 Å². The van der Waals surface area contributed by atoms with Crippen molar-refractivity contribution in [3.63, 3.8) is 0 Å². The maximum Gasteiger partial charge on any atom is 0.339 e. The normalized spacial score (nSPS) is 14.2. The molecule has 0 aromatic heterocycles. The third kappa shape index (κ3) is 4.18. The second-order valence-corrected chi connectivity index (χ2v) is 8.80. The second kappa shape index (κ2) is 7.93. The molecule has 4 rings (SSSR count). The minimum Gasteiger partial charge on any atom is -0.378 e. The van der Waals surface area contributed by atoms with Crippen LogP contribution in [0, 0.1) is 6.92 Å². The topological polar surface area (TPSA) is 102 Å². The highest BCUT2D eigenvalue weighted by Gasteiger charge is 2.27. The summed E-state index contributed by atoms with van der Waals surface area (Å²) in [5.74, 6) is -1.39. The number of carbonyl (C=O) groups excluding carboxylic acids is 2. The predicted molar refractivity (Wildman–Crippen MR) is 120 cm³/mol. The average molecular weight is 453 g/mol. The summed E-state index contributed by atoms with van der Waals surface area (Å²) < 4.78 is 31.1. The molecule has 31 heavy (non-hydrogen) atoms. The first kappa shape index (κ1) is 20.7. The lowest BCUT2D eigenvalue weighted by Gasteiger charge is -2.17. The molecule has 0 spiro atoms. The molecule has 1 saturated heterocycles. The molecular weight excluding hydrogens is 436 g/mol. The highest BCUT2D eigenvalue weighted by molar-refractivity contribution is 7.87. The fourth-order valence-electron chi connectivity index (χ4n) is 3.12. The van der Waals surface area contributed by atoms with Crippen LogP contribution in [-0.4, -0.2) is 25.3 Å². The Morgan fingerprint density at radius 3 is 2.23 bits per heavy atom. The van der Waals surface area contributed by atoms with Crippen LogP contribution in [-0.2, 0) is 19.7 Å². The van der Waals surface area contributed by atoms with Gasteiger partial charge in [-0.2, -0.15) is 8.42 Å². The zero-order valence-corrected chi connectivity index (χ0v) is 17.8. The number of carbonyl (C=O) groups is 2. The molecule has 0 unspecified atom stereocenters. The zero-order valence-electron chi connectivity index (χ0n) is 16.2. The highest BCUT2D eigenvalue weighted by Crippen LogP contribution is 2.32. The first-order valence-electron chi connectivity index (χ1n) is 9.16. The maximum absolute atomic E-state index is 12.8. The third-order valence-electron chi connectivity index (χ3n) is 4.67. The standard InChI is InChI=1S/C22H16N2O5S2/c1-13-6-9-15(10-7-13)31(27,28)29-19-11-8-14-4-2-3-5-16(14)17(19)12-18-20(25)23-22(30)24-21(18)26/h2-12H,1H3,(H2,23,24,25,26,30). The second-order valence-electron chi connectivity index (χ2n) is 6.84. The maximum atomic E-state index is 12.8. The molecule has 1 aliphatic rings. The summed E-state index contributed by atoms with van der Waals surface area (Å²) in [6, 6.07) is 16.6. The first-order valence-corrected chi connectivity index (χ1v) is 11.0. The van der Waals surface area contributed by atoms with E-state index < -0.39 is 21.9 Å². The van der Waals surface area contributed by atoms with Gasteiger partial charge < -0.3 is 4.18 Å². The number of aryl methyl sites for hydroxylation is 1. The molecule has 3 aromatic carbocycles. The van der Waals surface area contributed by atoms with Crippen LogP contribution < -0.4 is 14.8 Å². The predicted octanol–water partition coefficient (Wildman–Crippen LogP) is 2.83. The van der Waals surface area contributed by atoms with Gasteiger partial charge >= 0.3 is 10.1 Å². The summed E-state index contributed by atoms with van der Waals surface area (Å²) in [6.45, 7) is 1.84. The smallest absolute Gasteiger partial charge is 0.339 e. The van der Waals surface area contributed by atoms with Gasteiger partial charge in [0.2, 0.25) is 0 Å². The van der Waals surface area contributed by atoms with E-state index in [1.807, 2.05) is 19.1 Å². The van der Waals surface area contributed by atoms with Gasteiger partial charge in [0, 0.05) is 5.56 Å². The van der Waals surface area contributed by atoms with Crippen LogP contribution >= 0.6 is 12.2 Å². The van der Waals surface area contributed by atoms with Gasteiger partial charge in [0.1, 0.15) is 10.5 Å². The molecule has 2 N–H and O–H groups in total. The Labute approximate surface area is 183 Å². The minimum absolute atomic E-state index is 0.0108. The van der Waals surface area contributed by atoms with Gasteiger partial charge in [-0.05, 0) is 54.2 Å². The first-order chi connectivity index (χ1) is 14.7. The van der Waals surface area contributed by atoms with Crippen LogP contribution in [0.2, 0.25) is 0 Å². The SMILES string of the molecule is Cc1ccc(S(=O)(=O)Oc2ccc3ccccc3c2C=C2C(=O)NC(=S)NC2=O)cc1. The minimum atomic E-state index is -4.15. The van der Waals surface area contributed by atoms with Crippen molar-refractivity contribution in [2.24, 2.45) is 0 Å². The van der Waals surface area contributed by atoms with Gasteiger partial charge in [-0.25, -0.2) is 0 Å². The number of rotatable bonds is 4. The molecule has 1 heterocycles. The van der Waals surface area contributed by atoms with Crippen molar-refractivity contribution >= 4 is 56.1 Å². The van der Waals surface area contributed by atoms with E-state index in [1.54, 1.807) is 30.3 Å². The van der Waals surface area contributed by atoms with Crippen LogP contribution in [0.5, 0.6) is 5.75 Å². The molecular formula is C22H16N2O5S2. The van der Waals surface area contributed by atoms with Gasteiger partial charge in [-0.15, -0.1) is 0 Å². The number of benzene rings is 3. The average Bonchev–Trinajstić information content (AvgIpc) is 2.71. The monoisotopic (exact) mass is 452 g/mol. The van der Waals surface area contributed by atoms with Crippen LogP contribution in [0.3, 0.4) is 0 Å². The Kier molecular flexibility index (Phi) is 5.30. The van der Waals surface area contributed by atoms with Crippen LogP contribution in [0.4, 0.5) is 0 Å². The van der Waals surface area contributed by atoms with Crippen molar-refractivity contribution in [1.29, 1.82) is 0 Å². The molecule has 0 atom stereocenters. The van der Waals surface area contributed by atoms with E-state index in [-0.39, 0.29) is 26.9 Å². The number of thiocarbonyl (C=S) groups is 1. The molecule has 0 saturated carbocycles. The Bertz CT molecular complexity index is 1350. The molecule has 1 aliphatic heterocycles. The Morgan fingerprint density at radius 2 is 1.55 bits per heavy atom. The fraction of sp³-hybridized carbons (Fsp3) is 0.0455. The quantitative estimate of drug-likeness (QED) is 0.273. The van der Waals surface area contributed by atoms with Crippen molar-refractivity contribution in [3.05, 3.63) is 77.4 Å². The molecule has 9 heteroatoms. The summed E-state index contributed by atoms with van der Waals surface area (Å²) >= 11 is 4.82. The molecule has 156 valence electrons. The Balaban J connectivity index is 1.86. The van der Waals surface area contributed by atoms with E-state index in [9.17, 15) is 18.0 Å². The van der Waals surface area contributed by atoms with E-state index in [4.69, 9.17) is 16.4 Å². The number of nitrogens with one attached hydrogen (secondary N) is 2. The molecule has 0 radical (unpaired) electrons. The zero-order chi connectivity index (χ0) is 22.2. The number of amides is 2. The van der Waals surface area contributed by atoms with Gasteiger partial charge in [0.25, 0.3) is 11.8 Å². The van der Waals surface area contributed by atoms with Gasteiger partial charge in [-0.1, -0.05) is 48.0 Å². The molecule has 3 aromatic rings. The highest BCUT2D eigenvalue weighted by atomic mass is 32.2. The number of fused-ring (bicyclic) bond motifs is 1. The Hall–Kier alpha value is -3.56. The number of hydrogen-bond acceptors (Lipinski definition) is 6. The molecule has 2 amide bonds. The lowest BCUT2D eigenvalue weighted by Crippen LogP contribution is -2.51. The third-order valence-corrected chi connectivity index (χ3v) is 6.12. The molecule has 7 nitrogen and oxygen atoms in total. The van der Waals surface area contributed by atoms with Crippen LogP contribution in [0.1, 0.15) is 11.1 Å². The van der Waals surface area contributed by atoms with Gasteiger partial charge in [-0.3, -0.25) is 20.2 Å². The van der Waals surface area contributed by atoms with Crippen LogP contribution in [0.25, 0.3) is 16.8 Å². The summed E-state index contributed by atoms with van der Waals surface area (Å²) in [6.07, 6.45) is 1.30. The summed E-state index contributed by atoms with van der Waals surface area (Å²) in [5, 5.41) is 6.02. The van der Waals surface area contributed by atoms with E-state index in [0.29, 0.717) is 5.39 Å². The molecule has 0 bridgehead atoms. The Morgan fingerprint density at radius 1 is 0.903 bits per heavy atom. The van der Waals surface area contributed by atoms with Gasteiger partial charge in [0.05, 0.1) is 0 Å². The summed E-state index contributed by atoms with van der Waals surface area (Å²) in [4.78, 5) is 24.6. The van der Waals surface area contributed by atoms with E-state index in [1.165, 1.54) is 24.3 Å². The van der Waals surface area contributed by atoms with Crippen LogP contribution in [0.15, 0.2) is 71.1 Å². The van der Waals surface area contributed by atoms with Gasteiger partial charge in [0.15, 0.2) is 10.9 Å². The van der Waals surface area contributed by atoms with E-state index in [0.717, 1.165) is 10.9 Å². The summed E-state index contributed by atoms with van der Waals surface area (Å²) in [7, 11) is -4.15. The number of hydrogen-bond donors (Lipinski definition) is 2. The molecule has 0 aliphatic carbocycles. The summed E-state index contributed by atoms with van der Waals surface area (Å²) in [5.41, 5.74) is 0.965. The fourth-order valence-corrected chi connectivity index (χ4v) is 4.25. The van der Waals surface area contributed by atoms with E-state index in [2.05, 4.69) is 10.6 Å². The van der Waals surface area contributed by atoms with Crippen molar-refractivity contribution in [2.75, 3.05) is 0 Å². The van der Waals surface area contributed by atoms with Crippen molar-refractivity contribution in [1.82, 2.24) is 10.6 Å².